The van der Waals surface area contributed by atoms with Crippen LogP contribution in [0.1, 0.15) is 36.0 Å². The first-order valence-corrected chi connectivity index (χ1v) is 14.9. The summed E-state index contributed by atoms with van der Waals surface area (Å²) in [5.41, 5.74) is 0.510. The van der Waals surface area contributed by atoms with E-state index in [-0.39, 0.29) is 17.5 Å². The number of rotatable bonds is 6. The van der Waals surface area contributed by atoms with Gasteiger partial charge >= 0.3 is 0 Å². The van der Waals surface area contributed by atoms with Crippen LogP contribution in [0.5, 0.6) is 11.5 Å². The zero-order valence-electron chi connectivity index (χ0n) is 20.5. The summed E-state index contributed by atoms with van der Waals surface area (Å²) in [4.78, 5) is 2.27. The maximum Gasteiger partial charge on any atom is 0.218 e. The number of sulfonamides is 1. The van der Waals surface area contributed by atoms with Crippen molar-refractivity contribution in [3.63, 3.8) is 0 Å². The van der Waals surface area contributed by atoms with Crippen molar-refractivity contribution in [2.75, 3.05) is 20.1 Å². The summed E-state index contributed by atoms with van der Waals surface area (Å²) in [5.74, 6) is 0.177. The SMILES string of the molecule is C=CCN1CC[C@]23c4c5ccc(O)c4OC2C(N(C)S(=O)(=O)Cc2ccc(Cl)c(Cl)c2)CC[C@@]3(O)[C@H]1C5. The Morgan fingerprint density at radius 2 is 2.03 bits per heavy atom. The van der Waals surface area contributed by atoms with Crippen molar-refractivity contribution in [2.45, 2.75) is 60.6 Å². The molecule has 2 aromatic carbocycles. The van der Waals surface area contributed by atoms with Gasteiger partial charge in [-0.2, -0.15) is 4.31 Å². The number of ether oxygens (including phenoxy) is 1. The lowest BCUT2D eigenvalue weighted by molar-refractivity contribution is -0.193. The molecule has 0 radical (unpaired) electrons. The van der Waals surface area contributed by atoms with E-state index in [1.807, 2.05) is 12.1 Å². The van der Waals surface area contributed by atoms with Crippen LogP contribution in [0.25, 0.3) is 0 Å². The molecule has 2 bridgehead atoms. The quantitative estimate of drug-likeness (QED) is 0.517. The Balaban J connectivity index is 1.41. The fraction of sp³-hybridized carbons (Fsp3) is 0.481. The second-order valence-electron chi connectivity index (χ2n) is 10.8. The number of likely N-dealkylation sites (N-methyl/N-ethyl adjacent to an activating group) is 1. The van der Waals surface area contributed by atoms with Crippen molar-refractivity contribution in [1.29, 1.82) is 0 Å². The minimum absolute atomic E-state index is 0.0249. The van der Waals surface area contributed by atoms with Crippen LogP contribution in [0.15, 0.2) is 43.0 Å². The van der Waals surface area contributed by atoms with Crippen LogP contribution in [0.3, 0.4) is 0 Å². The Labute approximate surface area is 227 Å². The monoisotopic (exact) mass is 564 g/mol. The number of piperidine rings is 1. The molecule has 6 rings (SSSR count). The van der Waals surface area contributed by atoms with E-state index in [2.05, 4.69) is 11.5 Å². The molecular formula is C27H30Cl2N2O5S. The van der Waals surface area contributed by atoms with E-state index in [1.54, 1.807) is 31.3 Å². The number of aliphatic hydroxyl groups is 1. The number of aromatic hydroxyl groups is 1. The maximum atomic E-state index is 13.6. The zero-order chi connectivity index (χ0) is 26.3. The summed E-state index contributed by atoms with van der Waals surface area (Å²) < 4.78 is 35.2. The second-order valence-corrected chi connectivity index (χ2v) is 13.6. The van der Waals surface area contributed by atoms with Gasteiger partial charge in [0.25, 0.3) is 0 Å². The number of hydrogen-bond donors (Lipinski definition) is 2. The number of nitrogens with zero attached hydrogens (tertiary/aromatic N) is 2. The number of halogens is 2. The molecule has 4 aliphatic rings. The average molecular weight is 566 g/mol. The van der Waals surface area contributed by atoms with Gasteiger partial charge in [0.2, 0.25) is 10.0 Å². The summed E-state index contributed by atoms with van der Waals surface area (Å²) in [5, 5.41) is 23.9. The smallest absolute Gasteiger partial charge is 0.218 e. The highest BCUT2D eigenvalue weighted by atomic mass is 35.5. The van der Waals surface area contributed by atoms with Crippen molar-refractivity contribution in [1.82, 2.24) is 9.21 Å². The van der Waals surface area contributed by atoms with Gasteiger partial charge < -0.3 is 14.9 Å². The van der Waals surface area contributed by atoms with Crippen molar-refractivity contribution in [2.24, 2.45) is 0 Å². The van der Waals surface area contributed by atoms with Crippen LogP contribution in [0.2, 0.25) is 10.0 Å². The van der Waals surface area contributed by atoms with Crippen LogP contribution < -0.4 is 4.74 Å². The summed E-state index contributed by atoms with van der Waals surface area (Å²) in [6.07, 6.45) is 3.33. The first-order valence-electron chi connectivity index (χ1n) is 12.5. The summed E-state index contributed by atoms with van der Waals surface area (Å²) in [6, 6.07) is 7.71. The van der Waals surface area contributed by atoms with Gasteiger partial charge in [0.05, 0.1) is 32.9 Å². The molecule has 2 fully saturated rings. The van der Waals surface area contributed by atoms with Crippen LogP contribution in [-0.4, -0.2) is 71.8 Å². The fourth-order valence-electron chi connectivity index (χ4n) is 7.51. The van der Waals surface area contributed by atoms with Crippen LogP contribution in [0.4, 0.5) is 0 Å². The number of phenolic OH excluding ortho intramolecular Hbond substituents is 1. The number of phenols is 1. The van der Waals surface area contributed by atoms with E-state index in [4.69, 9.17) is 27.9 Å². The highest BCUT2D eigenvalue weighted by molar-refractivity contribution is 7.88. The normalized spacial score (nSPS) is 32.2. The van der Waals surface area contributed by atoms with Crippen LogP contribution in [0, 0.1) is 0 Å². The Morgan fingerprint density at radius 3 is 2.76 bits per heavy atom. The molecule has 1 saturated heterocycles. The molecule has 10 heteroatoms. The molecule has 0 aromatic heterocycles. The highest BCUT2D eigenvalue weighted by Gasteiger charge is 2.73. The van der Waals surface area contributed by atoms with Gasteiger partial charge in [0, 0.05) is 25.2 Å². The standard InChI is InChI=1S/C27H30Cl2N2O5S/c1-3-11-31-12-10-26-23-17-5-7-21(32)24(23)36-25(26)20(8-9-27(26,33)22(31)14-17)30(2)37(34,35)15-16-4-6-18(28)19(29)13-16/h3-7,13,20,22,25,32-33H,1,8-12,14-15H2,2H3/t20?,22-,25?,26+,27-/m1/s1. The minimum atomic E-state index is -3.77. The molecule has 2 aliphatic heterocycles. The lowest BCUT2D eigenvalue weighted by atomic mass is 9.48. The average Bonchev–Trinajstić information content (AvgIpc) is 3.20. The number of likely N-dealkylation sites (tertiary alicyclic amines) is 1. The summed E-state index contributed by atoms with van der Waals surface area (Å²) in [7, 11) is -2.19. The molecule has 37 heavy (non-hydrogen) atoms. The second kappa shape index (κ2) is 8.60. The molecule has 2 aliphatic carbocycles. The molecule has 0 amide bonds. The van der Waals surface area contributed by atoms with Crippen molar-refractivity contribution >= 4 is 33.2 Å². The molecular weight excluding hydrogens is 535 g/mol. The van der Waals surface area contributed by atoms with Gasteiger partial charge in [-0.1, -0.05) is 41.4 Å². The Hall–Kier alpha value is -1.81. The maximum absolute atomic E-state index is 13.6. The third-order valence-corrected chi connectivity index (χ3v) is 11.7. The predicted molar refractivity (Wildman–Crippen MR) is 143 cm³/mol. The van der Waals surface area contributed by atoms with Crippen molar-refractivity contribution < 1.29 is 23.4 Å². The molecule has 2 unspecified atom stereocenters. The van der Waals surface area contributed by atoms with Gasteiger partial charge in [-0.3, -0.25) is 4.90 Å². The van der Waals surface area contributed by atoms with Crippen LogP contribution >= 0.6 is 23.2 Å². The van der Waals surface area contributed by atoms with Gasteiger partial charge in [0.1, 0.15) is 6.10 Å². The Bertz CT molecular complexity index is 1400. The summed E-state index contributed by atoms with van der Waals surface area (Å²) in [6.45, 7) is 5.29. The molecule has 5 atom stereocenters. The molecule has 2 aromatic rings. The van der Waals surface area contributed by atoms with Crippen molar-refractivity contribution in [3.05, 3.63) is 69.7 Å². The highest BCUT2D eigenvalue weighted by Crippen LogP contribution is 2.65. The largest absolute Gasteiger partial charge is 0.504 e. The first-order chi connectivity index (χ1) is 17.5. The Morgan fingerprint density at radius 1 is 1.24 bits per heavy atom. The van der Waals surface area contributed by atoms with E-state index < -0.39 is 33.2 Å². The van der Waals surface area contributed by atoms with Crippen molar-refractivity contribution in [3.8, 4) is 11.5 Å². The predicted octanol–water partition coefficient (Wildman–Crippen LogP) is 3.87. The zero-order valence-corrected chi connectivity index (χ0v) is 22.9. The summed E-state index contributed by atoms with van der Waals surface area (Å²) >= 11 is 12.1. The third kappa shape index (κ3) is 3.46. The van der Waals surface area contributed by atoms with Gasteiger partial charge in [-0.25, -0.2) is 8.42 Å². The number of benzene rings is 2. The third-order valence-electron chi connectivity index (χ3n) is 9.14. The van der Waals surface area contributed by atoms with E-state index in [1.165, 1.54) is 4.31 Å². The lowest BCUT2D eigenvalue weighted by Gasteiger charge is -2.64. The molecule has 1 saturated carbocycles. The van der Waals surface area contributed by atoms with E-state index in [0.29, 0.717) is 53.6 Å². The number of hydrogen-bond acceptors (Lipinski definition) is 6. The van der Waals surface area contributed by atoms with Gasteiger partial charge in [-0.15, -0.1) is 6.58 Å². The van der Waals surface area contributed by atoms with E-state index >= 15 is 0 Å². The van der Waals surface area contributed by atoms with E-state index in [9.17, 15) is 18.6 Å². The molecule has 1 spiro atoms. The fourth-order valence-corrected chi connectivity index (χ4v) is 9.26. The van der Waals surface area contributed by atoms with Gasteiger partial charge in [0.15, 0.2) is 11.5 Å². The molecule has 2 N–H and O–H groups in total. The molecule has 7 nitrogen and oxygen atoms in total. The van der Waals surface area contributed by atoms with Crippen LogP contribution in [-0.2, 0) is 27.6 Å². The minimum Gasteiger partial charge on any atom is -0.504 e. The Kier molecular flexibility index (Phi) is 5.92. The molecule has 2 heterocycles. The van der Waals surface area contributed by atoms with Gasteiger partial charge in [-0.05, 0) is 61.6 Å². The van der Waals surface area contributed by atoms with E-state index in [0.717, 1.165) is 17.7 Å². The molecule has 198 valence electrons. The first kappa shape index (κ1) is 25.5. The topological polar surface area (TPSA) is 90.3 Å². The lowest BCUT2D eigenvalue weighted by Crippen LogP contribution is -2.78.